The van der Waals surface area contributed by atoms with Crippen LogP contribution in [0.5, 0.6) is 0 Å². The van der Waals surface area contributed by atoms with Crippen molar-refractivity contribution in [3.05, 3.63) is 29.6 Å². The Balaban J connectivity index is 2.10. The number of carbonyl (C=O) groups is 2. The van der Waals surface area contributed by atoms with Gasteiger partial charge in [-0.15, -0.1) is 0 Å². The zero-order valence-corrected chi connectivity index (χ0v) is 12.6. The van der Waals surface area contributed by atoms with Gasteiger partial charge < -0.3 is 10.2 Å². The summed E-state index contributed by atoms with van der Waals surface area (Å²) in [5.41, 5.74) is 1.05. The average Bonchev–Trinajstić information content (AvgIpc) is 2.83. The Morgan fingerprint density at radius 2 is 2.24 bits per heavy atom. The molecule has 4 nitrogen and oxygen atoms in total. The number of amides is 2. The van der Waals surface area contributed by atoms with Crippen LogP contribution >= 0.6 is 0 Å². The van der Waals surface area contributed by atoms with Gasteiger partial charge in [0.25, 0.3) is 0 Å². The molecule has 0 radical (unpaired) electrons. The van der Waals surface area contributed by atoms with Crippen LogP contribution in [-0.2, 0) is 9.59 Å². The SMILES string of the molecule is CCC(C)NC(=O)C1CCN(c2ccc(C)c(F)c2)C1=O. The van der Waals surface area contributed by atoms with E-state index >= 15 is 0 Å². The molecule has 0 bridgehead atoms. The van der Waals surface area contributed by atoms with Crippen molar-refractivity contribution in [2.24, 2.45) is 5.92 Å². The standard InChI is InChI=1S/C16H21FN2O2/c1-4-11(3)18-15(20)13-7-8-19(16(13)21)12-6-5-10(2)14(17)9-12/h5-6,9,11,13H,4,7-8H2,1-3H3,(H,18,20). The Hall–Kier alpha value is -1.91. The van der Waals surface area contributed by atoms with E-state index in [2.05, 4.69) is 5.32 Å². The quantitative estimate of drug-likeness (QED) is 0.866. The number of hydrogen-bond acceptors (Lipinski definition) is 2. The van der Waals surface area contributed by atoms with Crippen LogP contribution in [0.3, 0.4) is 0 Å². The van der Waals surface area contributed by atoms with E-state index in [0.717, 1.165) is 6.42 Å². The molecule has 1 aromatic rings. The number of anilines is 1. The second kappa shape index (κ2) is 6.24. The van der Waals surface area contributed by atoms with Gasteiger partial charge >= 0.3 is 0 Å². The summed E-state index contributed by atoms with van der Waals surface area (Å²) in [6.07, 6.45) is 1.29. The normalized spacial score (nSPS) is 19.7. The Labute approximate surface area is 124 Å². The first-order valence-electron chi connectivity index (χ1n) is 7.32. The van der Waals surface area contributed by atoms with E-state index in [0.29, 0.717) is 24.2 Å². The number of hydrogen-bond donors (Lipinski definition) is 1. The van der Waals surface area contributed by atoms with Crippen LogP contribution in [0.4, 0.5) is 10.1 Å². The monoisotopic (exact) mass is 292 g/mol. The lowest BCUT2D eigenvalue weighted by atomic mass is 10.1. The van der Waals surface area contributed by atoms with Crippen LogP contribution in [0.15, 0.2) is 18.2 Å². The molecular weight excluding hydrogens is 271 g/mol. The minimum atomic E-state index is -0.664. The van der Waals surface area contributed by atoms with Gasteiger partial charge in [0.2, 0.25) is 11.8 Å². The van der Waals surface area contributed by atoms with Crippen molar-refractivity contribution in [1.82, 2.24) is 5.32 Å². The maximum atomic E-state index is 13.6. The number of nitrogens with zero attached hydrogens (tertiary/aromatic N) is 1. The van der Waals surface area contributed by atoms with Gasteiger partial charge in [0.1, 0.15) is 11.7 Å². The Kier molecular flexibility index (Phi) is 4.60. The van der Waals surface area contributed by atoms with Gasteiger partial charge in [-0.05, 0) is 44.4 Å². The number of nitrogens with one attached hydrogen (secondary N) is 1. The zero-order chi connectivity index (χ0) is 15.6. The molecule has 1 N–H and O–H groups in total. The van der Waals surface area contributed by atoms with Crippen molar-refractivity contribution in [3.63, 3.8) is 0 Å². The number of benzene rings is 1. The van der Waals surface area contributed by atoms with E-state index in [1.165, 1.54) is 11.0 Å². The van der Waals surface area contributed by atoms with E-state index < -0.39 is 5.92 Å². The van der Waals surface area contributed by atoms with Crippen LogP contribution in [0.25, 0.3) is 0 Å². The van der Waals surface area contributed by atoms with Crippen molar-refractivity contribution in [2.45, 2.75) is 39.7 Å². The molecule has 0 spiro atoms. The van der Waals surface area contributed by atoms with E-state index in [1.54, 1.807) is 19.1 Å². The molecule has 0 saturated carbocycles. The minimum Gasteiger partial charge on any atom is -0.353 e. The molecular formula is C16H21FN2O2. The van der Waals surface area contributed by atoms with Gasteiger partial charge in [-0.1, -0.05) is 13.0 Å². The van der Waals surface area contributed by atoms with E-state index in [1.807, 2.05) is 13.8 Å². The molecule has 2 rings (SSSR count). The van der Waals surface area contributed by atoms with Gasteiger partial charge in [0, 0.05) is 18.3 Å². The summed E-state index contributed by atoms with van der Waals surface area (Å²) in [6.45, 7) is 6.00. The van der Waals surface area contributed by atoms with Crippen LogP contribution in [0.1, 0.15) is 32.3 Å². The largest absolute Gasteiger partial charge is 0.353 e. The van der Waals surface area contributed by atoms with Gasteiger partial charge in [-0.3, -0.25) is 9.59 Å². The molecule has 1 heterocycles. The van der Waals surface area contributed by atoms with Crippen LogP contribution < -0.4 is 10.2 Å². The number of rotatable bonds is 4. The summed E-state index contributed by atoms with van der Waals surface area (Å²) in [7, 11) is 0. The van der Waals surface area contributed by atoms with Crippen molar-refractivity contribution in [3.8, 4) is 0 Å². The van der Waals surface area contributed by atoms with Crippen LogP contribution in [-0.4, -0.2) is 24.4 Å². The summed E-state index contributed by atoms with van der Waals surface area (Å²) >= 11 is 0. The number of carbonyl (C=O) groups excluding carboxylic acids is 2. The highest BCUT2D eigenvalue weighted by atomic mass is 19.1. The highest BCUT2D eigenvalue weighted by Crippen LogP contribution is 2.26. The third-order valence-electron chi connectivity index (χ3n) is 3.99. The molecule has 0 aliphatic carbocycles. The molecule has 2 atom stereocenters. The summed E-state index contributed by atoms with van der Waals surface area (Å²) < 4.78 is 13.6. The Morgan fingerprint density at radius 3 is 2.86 bits per heavy atom. The molecule has 1 aliphatic heterocycles. The molecule has 2 unspecified atom stereocenters. The maximum absolute atomic E-state index is 13.6. The molecule has 1 saturated heterocycles. The highest BCUT2D eigenvalue weighted by molar-refractivity contribution is 6.09. The fourth-order valence-electron chi connectivity index (χ4n) is 2.37. The Morgan fingerprint density at radius 1 is 1.52 bits per heavy atom. The fourth-order valence-corrected chi connectivity index (χ4v) is 2.37. The predicted molar refractivity (Wildman–Crippen MR) is 79.5 cm³/mol. The van der Waals surface area contributed by atoms with Crippen molar-refractivity contribution >= 4 is 17.5 Å². The fraction of sp³-hybridized carbons (Fsp3) is 0.500. The van der Waals surface area contributed by atoms with Crippen molar-refractivity contribution in [2.75, 3.05) is 11.4 Å². The molecule has 114 valence electrons. The molecule has 21 heavy (non-hydrogen) atoms. The molecule has 1 aromatic carbocycles. The van der Waals surface area contributed by atoms with Crippen molar-refractivity contribution < 1.29 is 14.0 Å². The van der Waals surface area contributed by atoms with Gasteiger partial charge in [0.05, 0.1) is 0 Å². The maximum Gasteiger partial charge on any atom is 0.239 e. The summed E-state index contributed by atoms with van der Waals surface area (Å²) in [5, 5.41) is 2.83. The number of aryl methyl sites for hydroxylation is 1. The molecule has 0 aromatic heterocycles. The lowest BCUT2D eigenvalue weighted by Gasteiger charge is -2.18. The summed E-state index contributed by atoms with van der Waals surface area (Å²) in [5.74, 6) is -1.49. The first kappa shape index (κ1) is 15.5. The lowest BCUT2D eigenvalue weighted by Crippen LogP contribution is -2.40. The van der Waals surface area contributed by atoms with E-state index in [4.69, 9.17) is 0 Å². The molecule has 1 fully saturated rings. The van der Waals surface area contributed by atoms with Crippen LogP contribution in [0.2, 0.25) is 0 Å². The molecule has 5 heteroatoms. The van der Waals surface area contributed by atoms with Crippen LogP contribution in [0, 0.1) is 18.7 Å². The van der Waals surface area contributed by atoms with E-state index in [-0.39, 0.29) is 23.7 Å². The topological polar surface area (TPSA) is 49.4 Å². The van der Waals surface area contributed by atoms with Crippen molar-refractivity contribution in [1.29, 1.82) is 0 Å². The zero-order valence-electron chi connectivity index (χ0n) is 12.6. The smallest absolute Gasteiger partial charge is 0.239 e. The van der Waals surface area contributed by atoms with E-state index in [9.17, 15) is 14.0 Å². The first-order valence-corrected chi connectivity index (χ1v) is 7.32. The lowest BCUT2D eigenvalue weighted by molar-refractivity contribution is -0.132. The number of halogens is 1. The van der Waals surface area contributed by atoms with Gasteiger partial charge in [-0.25, -0.2) is 4.39 Å². The second-order valence-corrected chi connectivity index (χ2v) is 5.58. The summed E-state index contributed by atoms with van der Waals surface area (Å²) in [6, 6.07) is 4.76. The minimum absolute atomic E-state index is 0.0520. The molecule has 2 amide bonds. The Bertz CT molecular complexity index is 559. The van der Waals surface area contributed by atoms with Gasteiger partial charge in [-0.2, -0.15) is 0 Å². The molecule has 1 aliphatic rings. The predicted octanol–water partition coefficient (Wildman–Crippen LogP) is 2.40. The second-order valence-electron chi connectivity index (χ2n) is 5.58. The van der Waals surface area contributed by atoms with Gasteiger partial charge in [0.15, 0.2) is 0 Å². The summed E-state index contributed by atoms with van der Waals surface area (Å²) in [4.78, 5) is 25.9. The first-order chi connectivity index (χ1) is 9.93. The third kappa shape index (κ3) is 3.23. The average molecular weight is 292 g/mol. The third-order valence-corrected chi connectivity index (χ3v) is 3.99. The highest BCUT2D eigenvalue weighted by Gasteiger charge is 2.37.